The summed E-state index contributed by atoms with van der Waals surface area (Å²) in [7, 11) is 0. The molecule has 8 nitrogen and oxygen atoms in total. The molecule has 1 fully saturated rings. The minimum atomic E-state index is -0.260. The second kappa shape index (κ2) is 9.98. The van der Waals surface area contributed by atoms with Gasteiger partial charge in [-0.25, -0.2) is 9.97 Å². The summed E-state index contributed by atoms with van der Waals surface area (Å²) in [4.78, 5) is 25.8. The molecule has 1 aliphatic heterocycles. The number of nitrogens with zero attached hydrogens (tertiary/aromatic N) is 4. The molecule has 2 N–H and O–H groups in total. The van der Waals surface area contributed by atoms with E-state index in [2.05, 4.69) is 31.5 Å². The number of benzene rings is 2. The van der Waals surface area contributed by atoms with Gasteiger partial charge in [0.25, 0.3) is 5.91 Å². The predicted molar refractivity (Wildman–Crippen MR) is 141 cm³/mol. The number of fused-ring (bicyclic) bond motifs is 1. The van der Waals surface area contributed by atoms with E-state index in [1.165, 1.54) is 11.3 Å². The molecule has 0 atom stereocenters. The minimum absolute atomic E-state index is 0.260. The molecule has 1 aliphatic rings. The van der Waals surface area contributed by atoms with Crippen molar-refractivity contribution in [3.8, 4) is 21.8 Å². The zero-order chi connectivity index (χ0) is 24.3. The van der Waals surface area contributed by atoms with Crippen molar-refractivity contribution in [1.29, 1.82) is 0 Å². The Morgan fingerprint density at radius 2 is 1.86 bits per heavy atom. The zero-order valence-corrected chi connectivity index (χ0v) is 20.3. The molecule has 0 radical (unpaired) electrons. The van der Waals surface area contributed by atoms with Gasteiger partial charge in [0.15, 0.2) is 0 Å². The van der Waals surface area contributed by atoms with E-state index >= 15 is 0 Å². The highest BCUT2D eigenvalue weighted by molar-refractivity contribution is 7.21. The van der Waals surface area contributed by atoms with Gasteiger partial charge in [-0.2, -0.15) is 5.10 Å². The first kappa shape index (κ1) is 22.5. The molecule has 3 aromatic heterocycles. The predicted octanol–water partition coefficient (Wildman–Crippen LogP) is 4.83. The summed E-state index contributed by atoms with van der Waals surface area (Å²) in [5.41, 5.74) is 5.60. The van der Waals surface area contributed by atoms with Crippen LogP contribution < -0.4 is 5.32 Å². The van der Waals surface area contributed by atoms with Crippen molar-refractivity contribution in [2.24, 2.45) is 0 Å². The van der Waals surface area contributed by atoms with E-state index < -0.39 is 0 Å². The summed E-state index contributed by atoms with van der Waals surface area (Å²) in [5.74, 6) is -0.260. The van der Waals surface area contributed by atoms with Gasteiger partial charge in [-0.15, -0.1) is 0 Å². The number of amides is 1. The Hall–Kier alpha value is -3.92. The number of aromatic nitrogens is 4. The van der Waals surface area contributed by atoms with Crippen LogP contribution in [0.2, 0.25) is 0 Å². The number of hydrogen-bond acceptors (Lipinski definition) is 7. The van der Waals surface area contributed by atoms with E-state index in [4.69, 9.17) is 9.72 Å². The van der Waals surface area contributed by atoms with E-state index in [1.807, 2.05) is 60.8 Å². The van der Waals surface area contributed by atoms with E-state index in [0.717, 1.165) is 70.6 Å². The number of pyridine rings is 1. The Morgan fingerprint density at radius 3 is 2.72 bits per heavy atom. The number of carbonyl (C=O) groups excluding carboxylic acids is 1. The maximum absolute atomic E-state index is 13.0. The van der Waals surface area contributed by atoms with Gasteiger partial charge in [-0.3, -0.25) is 14.8 Å². The number of nitrogens with one attached hydrogen (secondary N) is 2. The Bertz CT molecular complexity index is 1510. The average Bonchev–Trinajstić information content (AvgIpc) is 3.58. The van der Waals surface area contributed by atoms with E-state index in [9.17, 15) is 4.79 Å². The third-order valence-corrected chi connectivity index (χ3v) is 7.12. The first-order valence-electron chi connectivity index (χ1n) is 11.8. The van der Waals surface area contributed by atoms with Gasteiger partial charge in [0.2, 0.25) is 0 Å². The molecule has 5 aromatic rings. The molecule has 180 valence electrons. The number of hydrogen-bond donors (Lipinski definition) is 2. The second-order valence-corrected chi connectivity index (χ2v) is 9.59. The Balaban J connectivity index is 1.23. The van der Waals surface area contributed by atoms with Crippen molar-refractivity contribution in [2.45, 2.75) is 6.54 Å². The van der Waals surface area contributed by atoms with Gasteiger partial charge in [0, 0.05) is 37.0 Å². The quantitative estimate of drug-likeness (QED) is 0.350. The molecule has 36 heavy (non-hydrogen) atoms. The molecule has 4 heterocycles. The number of H-pyrrole nitrogens is 1. The standard InChI is InChI=1S/C27H24N6O2S/c34-25(23-15-22(31-32-23)19-6-2-1-3-7-19)29-21-9-5-4-8-20(21)26-30-24-14-18(16-28-27(24)36-26)17-33-10-12-35-13-11-33/h1-9,14-16H,10-13,17H2,(H,29,34)(H,31,32). The van der Waals surface area contributed by atoms with Crippen LogP contribution in [0.4, 0.5) is 5.69 Å². The number of carbonyl (C=O) groups is 1. The van der Waals surface area contributed by atoms with Gasteiger partial charge in [-0.1, -0.05) is 53.8 Å². The van der Waals surface area contributed by atoms with Gasteiger partial charge in [0.1, 0.15) is 21.0 Å². The largest absolute Gasteiger partial charge is 0.379 e. The lowest BCUT2D eigenvalue weighted by Gasteiger charge is -2.26. The van der Waals surface area contributed by atoms with Gasteiger partial charge in [0.05, 0.1) is 24.6 Å². The van der Waals surface area contributed by atoms with Crippen molar-refractivity contribution in [1.82, 2.24) is 25.1 Å². The van der Waals surface area contributed by atoms with E-state index in [-0.39, 0.29) is 5.91 Å². The third kappa shape index (κ3) is 4.76. The van der Waals surface area contributed by atoms with Gasteiger partial charge in [-0.05, 0) is 29.8 Å². The van der Waals surface area contributed by atoms with E-state index in [0.29, 0.717) is 11.4 Å². The van der Waals surface area contributed by atoms with Crippen LogP contribution in [0, 0.1) is 0 Å². The molecule has 6 rings (SSSR count). The Labute approximate surface area is 212 Å². The van der Waals surface area contributed by atoms with Crippen molar-refractivity contribution in [3.63, 3.8) is 0 Å². The van der Waals surface area contributed by atoms with Crippen molar-refractivity contribution >= 4 is 33.3 Å². The number of thiazole rings is 1. The molecular weight excluding hydrogens is 472 g/mol. The minimum Gasteiger partial charge on any atom is -0.379 e. The Kier molecular flexibility index (Phi) is 6.25. The second-order valence-electron chi connectivity index (χ2n) is 8.61. The molecule has 2 aromatic carbocycles. The number of aromatic amines is 1. The molecule has 0 unspecified atom stereocenters. The maximum atomic E-state index is 13.0. The fourth-order valence-corrected chi connectivity index (χ4v) is 5.18. The van der Waals surface area contributed by atoms with Crippen LogP contribution in [-0.4, -0.2) is 57.3 Å². The molecule has 1 amide bonds. The van der Waals surface area contributed by atoms with Crippen LogP contribution in [0.15, 0.2) is 72.9 Å². The van der Waals surface area contributed by atoms with Crippen LogP contribution in [0.5, 0.6) is 0 Å². The van der Waals surface area contributed by atoms with Gasteiger partial charge >= 0.3 is 0 Å². The molecule has 9 heteroatoms. The summed E-state index contributed by atoms with van der Waals surface area (Å²) >= 11 is 1.52. The fraction of sp³-hybridized carbons (Fsp3) is 0.185. The number of rotatable bonds is 6. The number of morpholine rings is 1. The van der Waals surface area contributed by atoms with Gasteiger partial charge < -0.3 is 10.1 Å². The summed E-state index contributed by atoms with van der Waals surface area (Å²) in [6.07, 6.45) is 1.93. The van der Waals surface area contributed by atoms with Crippen LogP contribution in [0.1, 0.15) is 16.1 Å². The summed E-state index contributed by atoms with van der Waals surface area (Å²) in [5, 5.41) is 11.0. The lowest BCUT2D eigenvalue weighted by Crippen LogP contribution is -2.35. The van der Waals surface area contributed by atoms with Crippen LogP contribution in [0.3, 0.4) is 0 Å². The number of anilines is 1. The summed E-state index contributed by atoms with van der Waals surface area (Å²) in [6.45, 7) is 4.23. The number of ether oxygens (including phenoxy) is 1. The van der Waals surface area contributed by atoms with Crippen LogP contribution in [-0.2, 0) is 11.3 Å². The molecule has 1 saturated heterocycles. The van der Waals surface area contributed by atoms with Crippen molar-refractivity contribution in [3.05, 3.63) is 84.2 Å². The average molecular weight is 497 g/mol. The summed E-state index contributed by atoms with van der Waals surface area (Å²) < 4.78 is 5.44. The monoisotopic (exact) mass is 496 g/mol. The SMILES string of the molecule is O=C(Nc1ccccc1-c1nc2cc(CN3CCOCC3)cnc2s1)c1cc(-c2ccccc2)n[nH]1. The molecular formula is C27H24N6O2S. The molecule has 0 spiro atoms. The first-order chi connectivity index (χ1) is 17.7. The van der Waals surface area contributed by atoms with Crippen LogP contribution in [0.25, 0.3) is 32.2 Å². The van der Waals surface area contributed by atoms with E-state index in [1.54, 1.807) is 6.07 Å². The van der Waals surface area contributed by atoms with Crippen molar-refractivity contribution < 1.29 is 9.53 Å². The Morgan fingerprint density at radius 1 is 1.06 bits per heavy atom. The number of para-hydroxylation sites is 1. The highest BCUT2D eigenvalue weighted by Crippen LogP contribution is 2.34. The van der Waals surface area contributed by atoms with Crippen LogP contribution >= 0.6 is 11.3 Å². The fourth-order valence-electron chi connectivity index (χ4n) is 4.25. The topological polar surface area (TPSA) is 96.0 Å². The first-order valence-corrected chi connectivity index (χ1v) is 12.6. The lowest BCUT2D eigenvalue weighted by atomic mass is 10.1. The highest BCUT2D eigenvalue weighted by Gasteiger charge is 2.17. The third-order valence-electron chi connectivity index (χ3n) is 6.11. The lowest BCUT2D eigenvalue weighted by molar-refractivity contribution is 0.0341. The summed E-state index contributed by atoms with van der Waals surface area (Å²) in [6, 6.07) is 21.3. The highest BCUT2D eigenvalue weighted by atomic mass is 32.1. The smallest absolute Gasteiger partial charge is 0.273 e. The maximum Gasteiger partial charge on any atom is 0.273 e. The normalized spacial score (nSPS) is 14.2. The zero-order valence-electron chi connectivity index (χ0n) is 19.5. The molecule has 0 aliphatic carbocycles. The van der Waals surface area contributed by atoms with Crippen molar-refractivity contribution in [2.75, 3.05) is 31.6 Å². The molecule has 0 bridgehead atoms. The molecule has 0 saturated carbocycles.